The summed E-state index contributed by atoms with van der Waals surface area (Å²) in [6.07, 6.45) is 2.26. The lowest BCUT2D eigenvalue weighted by molar-refractivity contribution is -0.132. The van der Waals surface area contributed by atoms with Crippen molar-refractivity contribution in [1.82, 2.24) is 24.8 Å². The first-order valence-corrected chi connectivity index (χ1v) is 7.23. The number of carbonyl (C=O) groups excluding carboxylic acids is 1. The van der Waals surface area contributed by atoms with Gasteiger partial charge in [-0.25, -0.2) is 0 Å². The third kappa shape index (κ3) is 2.43. The number of hydrogen-bond acceptors (Lipinski definition) is 5. The molecule has 0 spiro atoms. The van der Waals surface area contributed by atoms with E-state index in [2.05, 4.69) is 15.2 Å². The molecule has 112 valence electrons. The van der Waals surface area contributed by atoms with Gasteiger partial charge in [-0.3, -0.25) is 9.48 Å². The molecular formula is C14H19N5O2. The van der Waals surface area contributed by atoms with Crippen LogP contribution in [0.4, 0.5) is 0 Å². The minimum atomic E-state index is 0.194. The first-order chi connectivity index (χ1) is 10.1. The summed E-state index contributed by atoms with van der Waals surface area (Å²) < 4.78 is 7.09. The number of amides is 1. The molecule has 0 aliphatic carbocycles. The largest absolute Gasteiger partial charge is 0.338 e. The minimum Gasteiger partial charge on any atom is -0.338 e. The summed E-state index contributed by atoms with van der Waals surface area (Å²) in [5, 5.41) is 8.32. The van der Waals surface area contributed by atoms with E-state index in [1.165, 1.54) is 0 Å². The molecule has 2 aromatic heterocycles. The molecule has 7 nitrogen and oxygen atoms in total. The molecule has 3 heterocycles. The Morgan fingerprint density at radius 1 is 1.43 bits per heavy atom. The molecule has 0 unspecified atom stereocenters. The molecule has 0 saturated carbocycles. The second-order valence-electron chi connectivity index (χ2n) is 5.36. The Bertz CT molecular complexity index is 673. The fraction of sp³-hybridized carbons (Fsp3) is 0.571. The number of rotatable bonds is 3. The van der Waals surface area contributed by atoms with E-state index >= 15 is 0 Å². The van der Waals surface area contributed by atoms with Crippen molar-refractivity contribution in [2.75, 3.05) is 6.54 Å². The Labute approximate surface area is 122 Å². The summed E-state index contributed by atoms with van der Waals surface area (Å²) in [7, 11) is 1.91. The molecule has 1 aliphatic rings. The lowest BCUT2D eigenvalue weighted by Gasteiger charge is -2.27. The number of aromatic nitrogens is 4. The molecule has 7 heteroatoms. The highest BCUT2D eigenvalue weighted by atomic mass is 16.5. The number of aryl methyl sites for hydroxylation is 2. The van der Waals surface area contributed by atoms with Gasteiger partial charge >= 0.3 is 0 Å². The van der Waals surface area contributed by atoms with Gasteiger partial charge in [0.05, 0.1) is 0 Å². The van der Waals surface area contributed by atoms with Gasteiger partial charge in [-0.1, -0.05) is 12.1 Å². The molecule has 0 radical (unpaired) electrons. The third-order valence-corrected chi connectivity index (χ3v) is 3.79. The second kappa shape index (κ2) is 5.31. The molecule has 0 saturated heterocycles. The Morgan fingerprint density at radius 3 is 2.90 bits per heavy atom. The second-order valence-corrected chi connectivity index (χ2v) is 5.36. The molecule has 0 fully saturated rings. The van der Waals surface area contributed by atoms with E-state index in [1.807, 2.05) is 23.6 Å². The van der Waals surface area contributed by atoms with Crippen LogP contribution in [0.15, 0.2) is 4.52 Å². The highest BCUT2D eigenvalue weighted by Gasteiger charge is 2.28. The lowest BCUT2D eigenvalue weighted by atomic mass is 10.0. The number of nitrogens with zero attached hydrogens (tertiary/aromatic N) is 5. The summed E-state index contributed by atoms with van der Waals surface area (Å²) in [6, 6.07) is 0. The molecule has 0 aromatic carbocycles. The normalized spacial score (nSPS) is 14.3. The Morgan fingerprint density at radius 2 is 2.24 bits per heavy atom. The third-order valence-electron chi connectivity index (χ3n) is 3.79. The van der Waals surface area contributed by atoms with E-state index in [0.717, 1.165) is 30.6 Å². The highest BCUT2D eigenvalue weighted by Crippen LogP contribution is 2.29. The summed E-state index contributed by atoms with van der Waals surface area (Å²) in [5.74, 6) is 1.20. The predicted molar refractivity (Wildman–Crippen MR) is 75.3 cm³/mol. The average molecular weight is 289 g/mol. The van der Waals surface area contributed by atoms with Gasteiger partial charge in [0.15, 0.2) is 11.5 Å². The van der Waals surface area contributed by atoms with Crippen LogP contribution in [0.1, 0.15) is 36.8 Å². The van der Waals surface area contributed by atoms with Gasteiger partial charge < -0.3 is 9.42 Å². The van der Waals surface area contributed by atoms with Crippen molar-refractivity contribution >= 4 is 5.91 Å². The van der Waals surface area contributed by atoms with E-state index in [9.17, 15) is 4.79 Å². The molecule has 2 aromatic rings. The van der Waals surface area contributed by atoms with Crippen molar-refractivity contribution in [2.24, 2.45) is 7.05 Å². The maximum Gasteiger partial charge on any atom is 0.278 e. The molecule has 0 atom stereocenters. The fourth-order valence-corrected chi connectivity index (χ4v) is 2.74. The van der Waals surface area contributed by atoms with Crippen molar-refractivity contribution in [2.45, 2.75) is 39.7 Å². The van der Waals surface area contributed by atoms with Crippen molar-refractivity contribution in [1.29, 1.82) is 0 Å². The van der Waals surface area contributed by atoms with Crippen LogP contribution in [-0.4, -0.2) is 37.3 Å². The monoisotopic (exact) mass is 289 g/mol. The van der Waals surface area contributed by atoms with Crippen molar-refractivity contribution < 1.29 is 9.32 Å². The minimum absolute atomic E-state index is 0.194. The van der Waals surface area contributed by atoms with Crippen LogP contribution in [0.3, 0.4) is 0 Å². The Balaban J connectivity index is 1.94. The Hall–Kier alpha value is -2.18. The van der Waals surface area contributed by atoms with Crippen molar-refractivity contribution in [3.63, 3.8) is 0 Å². The van der Waals surface area contributed by atoms with Crippen LogP contribution in [-0.2, 0) is 24.8 Å². The average Bonchev–Trinajstić information content (AvgIpc) is 3.03. The van der Waals surface area contributed by atoms with Crippen LogP contribution < -0.4 is 0 Å². The maximum atomic E-state index is 12.1. The zero-order valence-electron chi connectivity index (χ0n) is 12.6. The number of fused-ring (bicyclic) bond motifs is 1. The van der Waals surface area contributed by atoms with Gasteiger partial charge in [-0.05, 0) is 13.3 Å². The van der Waals surface area contributed by atoms with Crippen LogP contribution in [0.5, 0.6) is 0 Å². The molecule has 0 N–H and O–H groups in total. The van der Waals surface area contributed by atoms with Gasteiger partial charge in [-0.2, -0.15) is 10.1 Å². The van der Waals surface area contributed by atoms with Gasteiger partial charge in [0.25, 0.3) is 5.89 Å². The molecule has 3 rings (SSSR count). The lowest BCUT2D eigenvalue weighted by Crippen LogP contribution is -2.36. The van der Waals surface area contributed by atoms with Gasteiger partial charge in [0.2, 0.25) is 5.91 Å². The van der Waals surface area contributed by atoms with Gasteiger partial charge in [-0.15, -0.1) is 0 Å². The number of carbonyl (C=O) groups is 1. The van der Waals surface area contributed by atoms with E-state index in [4.69, 9.17) is 4.52 Å². The van der Waals surface area contributed by atoms with E-state index in [0.29, 0.717) is 30.4 Å². The SMILES string of the molecule is CCCC(=O)N1CCc2c(c(-c3nc(C)no3)nn2C)C1. The first-order valence-electron chi connectivity index (χ1n) is 7.23. The topological polar surface area (TPSA) is 77.1 Å². The zero-order valence-corrected chi connectivity index (χ0v) is 12.6. The predicted octanol–water partition coefficient (Wildman–Crippen LogP) is 1.46. The van der Waals surface area contributed by atoms with Gasteiger partial charge in [0.1, 0.15) is 0 Å². The van der Waals surface area contributed by atoms with E-state index in [-0.39, 0.29) is 5.91 Å². The molecule has 0 bridgehead atoms. The first kappa shape index (κ1) is 13.8. The van der Waals surface area contributed by atoms with Crippen molar-refractivity contribution in [3.05, 3.63) is 17.1 Å². The fourth-order valence-electron chi connectivity index (χ4n) is 2.74. The van der Waals surface area contributed by atoms with E-state index in [1.54, 1.807) is 6.92 Å². The molecular weight excluding hydrogens is 270 g/mol. The van der Waals surface area contributed by atoms with Crippen LogP contribution in [0.2, 0.25) is 0 Å². The molecule has 21 heavy (non-hydrogen) atoms. The quantitative estimate of drug-likeness (QED) is 0.855. The van der Waals surface area contributed by atoms with E-state index < -0.39 is 0 Å². The summed E-state index contributed by atoms with van der Waals surface area (Å²) in [4.78, 5) is 18.3. The zero-order chi connectivity index (χ0) is 15.0. The standard InChI is InChI=1S/C14H19N5O2/c1-4-5-12(20)19-7-6-11-10(8-19)13(16-18(11)3)14-15-9(2)17-21-14/h4-8H2,1-3H3. The molecule has 1 aliphatic heterocycles. The maximum absolute atomic E-state index is 12.1. The van der Waals surface area contributed by atoms with Crippen LogP contribution in [0.25, 0.3) is 11.6 Å². The van der Waals surface area contributed by atoms with Crippen LogP contribution >= 0.6 is 0 Å². The smallest absolute Gasteiger partial charge is 0.278 e. The summed E-state index contributed by atoms with van der Waals surface area (Å²) in [5.41, 5.74) is 2.86. The molecule has 1 amide bonds. The summed E-state index contributed by atoms with van der Waals surface area (Å²) >= 11 is 0. The Kier molecular flexibility index (Phi) is 3.48. The number of hydrogen-bond donors (Lipinski definition) is 0. The van der Waals surface area contributed by atoms with Crippen molar-refractivity contribution in [3.8, 4) is 11.6 Å². The van der Waals surface area contributed by atoms with Gasteiger partial charge in [0, 0.05) is 44.2 Å². The highest BCUT2D eigenvalue weighted by molar-refractivity contribution is 5.76. The van der Waals surface area contributed by atoms with Crippen LogP contribution in [0, 0.1) is 6.92 Å². The summed E-state index contributed by atoms with van der Waals surface area (Å²) in [6.45, 7) is 5.11.